The van der Waals surface area contributed by atoms with Crippen LogP contribution in [0.5, 0.6) is 0 Å². The Morgan fingerprint density at radius 2 is 2.18 bits per heavy atom. The first-order valence-corrected chi connectivity index (χ1v) is 6.53. The molecule has 1 aromatic rings. The maximum Gasteiger partial charge on any atom is 0.141 e. The van der Waals surface area contributed by atoms with Crippen molar-refractivity contribution < 1.29 is 0 Å². The lowest BCUT2D eigenvalue weighted by atomic mass is 9.95. The second kappa shape index (κ2) is 4.93. The minimum atomic E-state index is 0.379. The lowest BCUT2D eigenvalue weighted by Gasteiger charge is -2.15. The van der Waals surface area contributed by atoms with Crippen molar-refractivity contribution in [2.24, 2.45) is 0 Å². The van der Waals surface area contributed by atoms with Gasteiger partial charge in [0, 0.05) is 17.5 Å². The van der Waals surface area contributed by atoms with Crippen LogP contribution in [-0.4, -0.2) is 10.9 Å². The van der Waals surface area contributed by atoms with Gasteiger partial charge < -0.3 is 5.73 Å². The van der Waals surface area contributed by atoms with Gasteiger partial charge in [0.2, 0.25) is 0 Å². The molecule has 0 radical (unpaired) electrons. The molecule has 4 heteroatoms. The average molecular weight is 250 g/mol. The van der Waals surface area contributed by atoms with E-state index in [4.69, 9.17) is 22.6 Å². The molecule has 1 heterocycles. The molecule has 0 bridgehead atoms. The summed E-state index contributed by atoms with van der Waals surface area (Å²) in [5.74, 6) is 1.47. The van der Waals surface area contributed by atoms with Crippen LogP contribution in [0.25, 0.3) is 0 Å². The van der Waals surface area contributed by atoms with Gasteiger partial charge in [0.25, 0.3) is 0 Å². The summed E-state index contributed by atoms with van der Waals surface area (Å²) in [6.07, 6.45) is 3.94. The molecule has 0 aliphatic heterocycles. The number of pyridine rings is 1. The highest BCUT2D eigenvalue weighted by Gasteiger charge is 2.30. The minimum Gasteiger partial charge on any atom is -0.383 e. The van der Waals surface area contributed by atoms with Crippen LogP contribution < -0.4 is 5.73 Å². The quantitative estimate of drug-likeness (QED) is 0.835. The number of anilines is 1. The van der Waals surface area contributed by atoms with E-state index < -0.39 is 0 Å². The second-order valence-electron chi connectivity index (χ2n) is 4.39. The highest BCUT2D eigenvalue weighted by Crippen LogP contribution is 2.42. The molecule has 2 N–H and O–H groups in total. The average Bonchev–Trinajstić information content (AvgIpc) is 3.14. The number of hydrogen-bond acceptors (Lipinski definition) is 3. The highest BCUT2D eigenvalue weighted by molar-refractivity contribution is 6.18. The van der Waals surface area contributed by atoms with Gasteiger partial charge >= 0.3 is 0 Å². The molecule has 1 saturated carbocycles. The molecule has 0 amide bonds. The van der Waals surface area contributed by atoms with Gasteiger partial charge in [0.15, 0.2) is 0 Å². The summed E-state index contributed by atoms with van der Waals surface area (Å²) >= 11 is 5.86. The molecule has 1 aliphatic carbocycles. The fraction of sp³-hybridized carbons (Fsp3) is 0.538. The Kier molecular flexibility index (Phi) is 3.54. The van der Waals surface area contributed by atoms with Gasteiger partial charge in [-0.1, -0.05) is 6.92 Å². The molecule has 0 unspecified atom stereocenters. The van der Waals surface area contributed by atoms with Gasteiger partial charge in [-0.15, -0.1) is 11.6 Å². The summed E-state index contributed by atoms with van der Waals surface area (Å²) in [7, 11) is 0. The largest absolute Gasteiger partial charge is 0.383 e. The molecule has 3 nitrogen and oxygen atoms in total. The predicted octanol–water partition coefficient (Wildman–Crippen LogP) is 2.76. The van der Waals surface area contributed by atoms with Crippen molar-refractivity contribution in [2.75, 3.05) is 11.6 Å². The number of nitrogens with zero attached hydrogens (tertiary/aromatic N) is 2. The summed E-state index contributed by atoms with van der Waals surface area (Å²) in [4.78, 5) is 4.43. The Morgan fingerprint density at radius 3 is 2.65 bits per heavy atom. The predicted molar refractivity (Wildman–Crippen MR) is 69.1 cm³/mol. The Balaban J connectivity index is 2.61. The van der Waals surface area contributed by atoms with E-state index in [0.717, 1.165) is 29.7 Å². The van der Waals surface area contributed by atoms with Crippen LogP contribution in [0.4, 0.5) is 5.82 Å². The summed E-state index contributed by atoms with van der Waals surface area (Å²) in [6.45, 7) is 2.05. The zero-order valence-electron chi connectivity index (χ0n) is 9.96. The van der Waals surface area contributed by atoms with Crippen molar-refractivity contribution in [2.45, 2.75) is 38.5 Å². The number of alkyl halides is 1. The molecular formula is C13H16ClN3. The minimum absolute atomic E-state index is 0.379. The van der Waals surface area contributed by atoms with E-state index in [1.807, 2.05) is 6.92 Å². The van der Waals surface area contributed by atoms with E-state index in [2.05, 4.69) is 11.1 Å². The van der Waals surface area contributed by atoms with Crippen LogP contribution in [0.3, 0.4) is 0 Å². The normalized spacial score (nSPS) is 14.6. The van der Waals surface area contributed by atoms with Crippen molar-refractivity contribution in [3.8, 4) is 6.07 Å². The van der Waals surface area contributed by atoms with E-state index in [9.17, 15) is 0 Å². The lowest BCUT2D eigenvalue weighted by Crippen LogP contribution is -2.09. The van der Waals surface area contributed by atoms with Crippen LogP contribution in [0.15, 0.2) is 0 Å². The molecule has 0 atom stereocenters. The third-order valence-corrected chi connectivity index (χ3v) is 3.44. The van der Waals surface area contributed by atoms with Crippen molar-refractivity contribution in [3.63, 3.8) is 0 Å². The summed E-state index contributed by atoms with van der Waals surface area (Å²) in [5, 5.41) is 9.17. The molecule has 0 saturated heterocycles. The third kappa shape index (κ3) is 2.23. The SMILES string of the molecule is CCc1c(C#N)c(N)nc(C2CC2)c1CCCl. The standard InChI is InChI=1S/C13H16ClN3/c1-2-9-10(5-6-14)12(8-3-4-8)17-13(16)11(9)7-15/h8H,2-6H2,1H3,(H2,16,17). The topological polar surface area (TPSA) is 62.7 Å². The first kappa shape index (κ1) is 12.2. The zero-order chi connectivity index (χ0) is 12.4. The fourth-order valence-electron chi connectivity index (χ4n) is 2.30. The first-order valence-electron chi connectivity index (χ1n) is 6.00. The molecule has 90 valence electrons. The van der Waals surface area contributed by atoms with Crippen LogP contribution >= 0.6 is 11.6 Å². The molecule has 17 heavy (non-hydrogen) atoms. The Hall–Kier alpha value is -1.27. The van der Waals surface area contributed by atoms with E-state index in [0.29, 0.717) is 23.2 Å². The first-order chi connectivity index (χ1) is 8.22. The second-order valence-corrected chi connectivity index (χ2v) is 4.77. The lowest BCUT2D eigenvalue weighted by molar-refractivity contribution is 0.920. The molecule has 1 aliphatic rings. The van der Waals surface area contributed by atoms with E-state index >= 15 is 0 Å². The molecule has 1 aromatic heterocycles. The number of nitrogens with two attached hydrogens (primary N) is 1. The Labute approximate surface area is 107 Å². The summed E-state index contributed by atoms with van der Waals surface area (Å²) in [5.41, 5.74) is 9.70. The monoisotopic (exact) mass is 249 g/mol. The molecule has 0 aromatic carbocycles. The summed E-state index contributed by atoms with van der Waals surface area (Å²) < 4.78 is 0. The number of nitriles is 1. The summed E-state index contributed by atoms with van der Waals surface area (Å²) in [6, 6.07) is 2.17. The molecule has 0 spiro atoms. The van der Waals surface area contributed by atoms with Gasteiger partial charge in [-0.2, -0.15) is 5.26 Å². The van der Waals surface area contributed by atoms with Crippen LogP contribution in [0.1, 0.15) is 48.1 Å². The van der Waals surface area contributed by atoms with Gasteiger partial charge in [-0.25, -0.2) is 4.98 Å². The van der Waals surface area contributed by atoms with E-state index in [1.54, 1.807) is 0 Å². The van der Waals surface area contributed by atoms with Crippen LogP contribution in [0.2, 0.25) is 0 Å². The van der Waals surface area contributed by atoms with Gasteiger partial charge in [-0.3, -0.25) is 0 Å². The van der Waals surface area contributed by atoms with Crippen LogP contribution in [0, 0.1) is 11.3 Å². The van der Waals surface area contributed by atoms with Crippen molar-refractivity contribution >= 4 is 17.4 Å². The Morgan fingerprint density at radius 1 is 1.47 bits per heavy atom. The zero-order valence-corrected chi connectivity index (χ0v) is 10.7. The Bertz CT molecular complexity index is 473. The fourth-order valence-corrected chi connectivity index (χ4v) is 2.49. The van der Waals surface area contributed by atoms with E-state index in [-0.39, 0.29) is 0 Å². The van der Waals surface area contributed by atoms with Crippen molar-refractivity contribution in [3.05, 3.63) is 22.4 Å². The van der Waals surface area contributed by atoms with Gasteiger partial charge in [0.1, 0.15) is 11.9 Å². The van der Waals surface area contributed by atoms with Gasteiger partial charge in [-0.05, 0) is 36.8 Å². The van der Waals surface area contributed by atoms with E-state index in [1.165, 1.54) is 12.8 Å². The number of nitrogen functional groups attached to an aromatic ring is 1. The third-order valence-electron chi connectivity index (χ3n) is 3.25. The number of aromatic nitrogens is 1. The van der Waals surface area contributed by atoms with Crippen LogP contribution in [-0.2, 0) is 12.8 Å². The molecule has 1 fully saturated rings. The maximum absolute atomic E-state index is 9.17. The highest BCUT2D eigenvalue weighted by atomic mass is 35.5. The maximum atomic E-state index is 9.17. The molecule has 2 rings (SSSR count). The van der Waals surface area contributed by atoms with Crippen molar-refractivity contribution in [1.29, 1.82) is 5.26 Å². The van der Waals surface area contributed by atoms with Crippen molar-refractivity contribution in [1.82, 2.24) is 4.98 Å². The number of halogens is 1. The number of rotatable bonds is 4. The number of hydrogen-bond donors (Lipinski definition) is 1. The molecular weight excluding hydrogens is 234 g/mol. The smallest absolute Gasteiger partial charge is 0.141 e. The van der Waals surface area contributed by atoms with Gasteiger partial charge in [0.05, 0.1) is 5.56 Å².